The van der Waals surface area contributed by atoms with E-state index in [1.807, 2.05) is 58.3 Å². The predicted molar refractivity (Wildman–Crippen MR) is 169 cm³/mol. The maximum absolute atomic E-state index is 14.1. The van der Waals surface area contributed by atoms with Crippen LogP contribution in [0.5, 0.6) is 11.5 Å². The summed E-state index contributed by atoms with van der Waals surface area (Å²) in [4.78, 5) is 31.8. The van der Waals surface area contributed by atoms with Gasteiger partial charge in [0.2, 0.25) is 11.8 Å². The van der Waals surface area contributed by atoms with E-state index in [1.165, 1.54) is 0 Å². The molecule has 0 spiro atoms. The van der Waals surface area contributed by atoms with E-state index >= 15 is 0 Å². The van der Waals surface area contributed by atoms with Crippen molar-refractivity contribution in [3.8, 4) is 11.5 Å². The zero-order valence-electron chi connectivity index (χ0n) is 24.1. The van der Waals surface area contributed by atoms with E-state index in [9.17, 15) is 9.59 Å². The first-order valence-electron chi connectivity index (χ1n) is 14.8. The summed E-state index contributed by atoms with van der Waals surface area (Å²) < 4.78 is 11.6. The fraction of sp³-hybridized carbons (Fsp3) is 0.562. The zero-order valence-corrected chi connectivity index (χ0v) is 25.9. The number of thiol groups is 2. The molecule has 1 aliphatic heterocycles. The van der Waals surface area contributed by atoms with E-state index in [0.717, 1.165) is 66.9 Å². The molecule has 3 rings (SSSR count). The zero-order chi connectivity index (χ0) is 28.7. The summed E-state index contributed by atoms with van der Waals surface area (Å²) >= 11 is 8.62. The SMILES string of the molecule is CCCCOc1ccc(C[C@H]2C(=O)N(CCCS)[C@@H](Cc3ccc(OCCCS)cc3)C(=O)N2CCCC)cc1. The largest absolute Gasteiger partial charge is 0.494 e. The molecule has 0 bridgehead atoms. The first-order valence-corrected chi connectivity index (χ1v) is 16.0. The standard InChI is InChI=1S/C32H46N2O4S2/c1-3-5-17-33-29(23-25-9-13-27(14-10-25)37-19-6-4-2)32(36)34(18-7-21-39)30(31(33)35)24-26-11-15-28(16-12-26)38-20-8-22-40/h9-16,29-30,39-40H,3-8,17-24H2,1-2H3/t29-,30-/m0/s1. The molecule has 220 valence electrons. The normalized spacial score (nSPS) is 17.4. The van der Waals surface area contributed by atoms with Gasteiger partial charge in [-0.1, -0.05) is 51.0 Å². The van der Waals surface area contributed by atoms with Crippen molar-refractivity contribution in [2.75, 3.05) is 37.8 Å². The summed E-state index contributed by atoms with van der Waals surface area (Å²) in [5.74, 6) is 3.14. The fourth-order valence-electron chi connectivity index (χ4n) is 4.93. The first-order chi connectivity index (χ1) is 19.5. The Morgan fingerprint density at radius 3 is 1.48 bits per heavy atom. The average Bonchev–Trinajstić information content (AvgIpc) is 2.97. The third kappa shape index (κ3) is 9.37. The van der Waals surface area contributed by atoms with Crippen LogP contribution in [0.2, 0.25) is 0 Å². The number of hydrogen-bond donors (Lipinski definition) is 2. The summed E-state index contributed by atoms with van der Waals surface area (Å²) in [7, 11) is 0. The minimum Gasteiger partial charge on any atom is -0.494 e. The third-order valence-electron chi connectivity index (χ3n) is 7.24. The van der Waals surface area contributed by atoms with Crippen LogP contribution < -0.4 is 9.47 Å². The molecule has 2 atom stereocenters. The van der Waals surface area contributed by atoms with E-state index in [1.54, 1.807) is 0 Å². The predicted octanol–water partition coefficient (Wildman–Crippen LogP) is 5.88. The lowest BCUT2D eigenvalue weighted by Gasteiger charge is -2.45. The molecule has 40 heavy (non-hydrogen) atoms. The number of hydrogen-bond acceptors (Lipinski definition) is 6. The Morgan fingerprint density at radius 1 is 0.625 bits per heavy atom. The maximum atomic E-state index is 14.1. The number of carbonyl (C=O) groups excluding carboxylic acids is 2. The minimum absolute atomic E-state index is 0.0254. The van der Waals surface area contributed by atoms with Crippen molar-refractivity contribution in [3.05, 3.63) is 59.7 Å². The second-order valence-corrected chi connectivity index (χ2v) is 11.2. The molecule has 0 N–H and O–H groups in total. The monoisotopic (exact) mass is 586 g/mol. The number of benzene rings is 2. The summed E-state index contributed by atoms with van der Waals surface area (Å²) in [5.41, 5.74) is 2.03. The molecule has 2 amide bonds. The number of amides is 2. The molecule has 1 fully saturated rings. The Labute approximate surface area is 251 Å². The van der Waals surface area contributed by atoms with Gasteiger partial charge in [0.1, 0.15) is 23.6 Å². The van der Waals surface area contributed by atoms with Crippen LogP contribution in [-0.4, -0.2) is 71.5 Å². The van der Waals surface area contributed by atoms with Crippen molar-refractivity contribution in [2.45, 2.75) is 77.3 Å². The second-order valence-electron chi connectivity index (χ2n) is 10.3. The molecule has 0 saturated carbocycles. The molecule has 1 aliphatic rings. The van der Waals surface area contributed by atoms with E-state index in [2.05, 4.69) is 39.1 Å². The molecule has 0 unspecified atom stereocenters. The van der Waals surface area contributed by atoms with Gasteiger partial charge in [0.25, 0.3) is 0 Å². The van der Waals surface area contributed by atoms with Gasteiger partial charge in [0.15, 0.2) is 0 Å². The van der Waals surface area contributed by atoms with E-state index in [4.69, 9.17) is 9.47 Å². The van der Waals surface area contributed by atoms with E-state index in [0.29, 0.717) is 44.9 Å². The average molecular weight is 587 g/mol. The quantitative estimate of drug-likeness (QED) is 0.169. The molecule has 0 aliphatic carbocycles. The lowest BCUT2D eigenvalue weighted by molar-refractivity contribution is -0.161. The Hall–Kier alpha value is -2.32. The molecule has 8 heteroatoms. The molecular formula is C32H46N2O4S2. The summed E-state index contributed by atoms with van der Waals surface area (Å²) in [6, 6.07) is 14.8. The van der Waals surface area contributed by atoms with Gasteiger partial charge >= 0.3 is 0 Å². The number of carbonyl (C=O) groups is 2. The van der Waals surface area contributed by atoms with Gasteiger partial charge in [-0.15, -0.1) is 0 Å². The minimum atomic E-state index is -0.522. The highest BCUT2D eigenvalue weighted by Gasteiger charge is 2.45. The van der Waals surface area contributed by atoms with Crippen LogP contribution >= 0.6 is 25.3 Å². The molecule has 1 saturated heterocycles. The smallest absolute Gasteiger partial charge is 0.246 e. The number of piperazine rings is 1. The van der Waals surface area contributed by atoms with Gasteiger partial charge < -0.3 is 19.3 Å². The van der Waals surface area contributed by atoms with Crippen molar-refractivity contribution in [1.82, 2.24) is 9.80 Å². The third-order valence-corrected chi connectivity index (χ3v) is 7.87. The molecule has 2 aromatic carbocycles. The number of unbranched alkanes of at least 4 members (excludes halogenated alkanes) is 2. The number of rotatable bonds is 18. The Kier molecular flexibility index (Phi) is 14.1. The van der Waals surface area contributed by atoms with E-state index < -0.39 is 12.1 Å². The van der Waals surface area contributed by atoms with Gasteiger partial charge in [-0.3, -0.25) is 9.59 Å². The Balaban J connectivity index is 1.80. The van der Waals surface area contributed by atoms with Crippen LogP contribution in [-0.2, 0) is 22.4 Å². The van der Waals surface area contributed by atoms with Crippen LogP contribution in [0.3, 0.4) is 0 Å². The summed E-state index contributed by atoms with van der Waals surface area (Å²) in [5, 5.41) is 0. The van der Waals surface area contributed by atoms with Gasteiger partial charge in [-0.2, -0.15) is 25.3 Å². The summed E-state index contributed by atoms with van der Waals surface area (Å²) in [6.07, 6.45) is 6.52. The molecular weight excluding hydrogens is 540 g/mol. The van der Waals surface area contributed by atoms with Crippen LogP contribution in [0.15, 0.2) is 48.5 Å². The fourth-order valence-corrected chi connectivity index (χ4v) is 5.20. The van der Waals surface area contributed by atoms with Crippen molar-refractivity contribution in [2.24, 2.45) is 0 Å². The molecule has 0 aromatic heterocycles. The van der Waals surface area contributed by atoms with Crippen LogP contribution in [0.4, 0.5) is 0 Å². The second kappa shape index (κ2) is 17.5. The summed E-state index contributed by atoms with van der Waals surface area (Å²) in [6.45, 7) is 6.67. The van der Waals surface area contributed by atoms with Gasteiger partial charge in [-0.05, 0) is 72.6 Å². The van der Waals surface area contributed by atoms with E-state index in [-0.39, 0.29) is 11.8 Å². The highest BCUT2D eigenvalue weighted by atomic mass is 32.1. The topological polar surface area (TPSA) is 59.1 Å². The maximum Gasteiger partial charge on any atom is 0.246 e. The first kappa shape index (κ1) is 32.2. The molecule has 2 aromatic rings. The van der Waals surface area contributed by atoms with Gasteiger partial charge in [0.05, 0.1) is 13.2 Å². The lowest BCUT2D eigenvalue weighted by atomic mass is 9.94. The highest BCUT2D eigenvalue weighted by Crippen LogP contribution is 2.26. The van der Waals surface area contributed by atoms with Gasteiger partial charge in [-0.25, -0.2) is 0 Å². The van der Waals surface area contributed by atoms with Crippen molar-refractivity contribution >= 4 is 37.1 Å². The molecule has 6 nitrogen and oxygen atoms in total. The van der Waals surface area contributed by atoms with Crippen molar-refractivity contribution < 1.29 is 19.1 Å². The Bertz CT molecular complexity index is 949. The molecule has 1 heterocycles. The molecule has 0 radical (unpaired) electrons. The van der Waals surface area contributed by atoms with Crippen LogP contribution in [0.25, 0.3) is 0 Å². The lowest BCUT2D eigenvalue weighted by Crippen LogP contribution is -2.66. The van der Waals surface area contributed by atoms with Crippen molar-refractivity contribution in [1.29, 1.82) is 0 Å². The van der Waals surface area contributed by atoms with Crippen LogP contribution in [0, 0.1) is 0 Å². The van der Waals surface area contributed by atoms with Gasteiger partial charge in [0, 0.05) is 25.9 Å². The number of nitrogens with zero attached hydrogens (tertiary/aromatic N) is 2. The number of ether oxygens (including phenoxy) is 2. The Morgan fingerprint density at radius 2 is 1.05 bits per heavy atom. The van der Waals surface area contributed by atoms with Crippen molar-refractivity contribution in [3.63, 3.8) is 0 Å². The van der Waals surface area contributed by atoms with Crippen LogP contribution in [0.1, 0.15) is 63.5 Å². The highest BCUT2D eigenvalue weighted by molar-refractivity contribution is 7.80.